The third kappa shape index (κ3) is 4.67. The predicted molar refractivity (Wildman–Crippen MR) is 118 cm³/mol. The van der Waals surface area contributed by atoms with Crippen LogP contribution in [0.3, 0.4) is 0 Å². The molecule has 2 aromatic heterocycles. The molecule has 4 aromatic rings. The Balaban J connectivity index is 1.49. The first-order chi connectivity index (χ1) is 15.0. The lowest BCUT2D eigenvalue weighted by Crippen LogP contribution is -2.32. The van der Waals surface area contributed by atoms with Crippen molar-refractivity contribution in [3.8, 4) is 0 Å². The highest BCUT2D eigenvalue weighted by atomic mass is 35.5. The molecule has 0 aliphatic rings. The third-order valence-electron chi connectivity index (χ3n) is 4.99. The number of carbonyl (C=O) groups is 1. The Labute approximate surface area is 182 Å². The van der Waals surface area contributed by atoms with E-state index in [-0.39, 0.29) is 36.9 Å². The molecule has 0 fully saturated rings. The van der Waals surface area contributed by atoms with E-state index in [0.29, 0.717) is 22.7 Å². The number of nitrogens with one attached hydrogen (secondary N) is 1. The van der Waals surface area contributed by atoms with Crippen molar-refractivity contribution in [2.24, 2.45) is 0 Å². The Hall–Kier alpha value is -3.45. The van der Waals surface area contributed by atoms with Gasteiger partial charge in [0.2, 0.25) is 5.91 Å². The average molecular weight is 439 g/mol. The summed E-state index contributed by atoms with van der Waals surface area (Å²) in [6, 6.07) is 16.8. The number of fused-ring (bicyclic) bond motifs is 1. The van der Waals surface area contributed by atoms with Gasteiger partial charge in [-0.3, -0.25) is 13.9 Å². The van der Waals surface area contributed by atoms with E-state index in [4.69, 9.17) is 11.6 Å². The van der Waals surface area contributed by atoms with Crippen LogP contribution in [0.5, 0.6) is 0 Å². The number of carbonyl (C=O) groups excluding carboxylic acids is 1. The minimum atomic E-state index is -0.326. The van der Waals surface area contributed by atoms with Crippen LogP contribution in [0.4, 0.5) is 4.39 Å². The number of aromatic nitrogens is 3. The van der Waals surface area contributed by atoms with Crippen LogP contribution in [0.2, 0.25) is 5.02 Å². The van der Waals surface area contributed by atoms with Gasteiger partial charge in [-0.2, -0.15) is 0 Å². The Morgan fingerprint density at radius 1 is 1.03 bits per heavy atom. The summed E-state index contributed by atoms with van der Waals surface area (Å²) in [5, 5.41) is 3.37. The van der Waals surface area contributed by atoms with E-state index in [1.54, 1.807) is 41.1 Å². The van der Waals surface area contributed by atoms with E-state index in [1.807, 2.05) is 18.2 Å². The minimum absolute atomic E-state index is 0.166. The zero-order valence-electron chi connectivity index (χ0n) is 16.6. The van der Waals surface area contributed by atoms with Crippen LogP contribution >= 0.6 is 11.6 Å². The highest BCUT2D eigenvalue weighted by Crippen LogP contribution is 2.15. The number of benzene rings is 2. The number of amides is 1. The molecule has 1 amide bonds. The van der Waals surface area contributed by atoms with Gasteiger partial charge in [0.25, 0.3) is 0 Å². The summed E-state index contributed by atoms with van der Waals surface area (Å²) in [7, 11) is 0. The van der Waals surface area contributed by atoms with Crippen LogP contribution in [0, 0.1) is 5.82 Å². The molecule has 158 valence electrons. The number of rotatable bonds is 7. The van der Waals surface area contributed by atoms with E-state index in [1.165, 1.54) is 16.7 Å². The third-order valence-corrected chi connectivity index (χ3v) is 5.36. The maximum absolute atomic E-state index is 13.2. The van der Waals surface area contributed by atoms with Crippen molar-refractivity contribution in [2.45, 2.75) is 19.5 Å². The molecule has 8 heteroatoms. The first kappa shape index (κ1) is 20.8. The number of imidazole rings is 1. The van der Waals surface area contributed by atoms with Crippen LogP contribution in [-0.4, -0.2) is 26.6 Å². The second-order valence-corrected chi connectivity index (χ2v) is 7.52. The topological polar surface area (TPSA) is 68.9 Å². The Morgan fingerprint density at radius 3 is 2.58 bits per heavy atom. The lowest BCUT2D eigenvalue weighted by Gasteiger charge is -2.07. The van der Waals surface area contributed by atoms with E-state index in [2.05, 4.69) is 10.3 Å². The minimum Gasteiger partial charge on any atom is -0.354 e. The second kappa shape index (κ2) is 9.14. The molecule has 0 aliphatic carbocycles. The number of hydrogen-bond donors (Lipinski definition) is 1. The number of pyridine rings is 1. The van der Waals surface area contributed by atoms with Gasteiger partial charge >= 0.3 is 5.69 Å². The summed E-state index contributed by atoms with van der Waals surface area (Å²) in [4.78, 5) is 29.7. The summed E-state index contributed by atoms with van der Waals surface area (Å²) in [6.07, 6.45) is 1.79. The molecule has 0 atom stereocenters. The van der Waals surface area contributed by atoms with Gasteiger partial charge in [-0.15, -0.1) is 0 Å². The molecule has 6 nitrogen and oxygen atoms in total. The quantitative estimate of drug-likeness (QED) is 0.481. The Bertz CT molecular complexity index is 1280. The fraction of sp³-hybridized carbons (Fsp3) is 0.174. The van der Waals surface area contributed by atoms with Crippen molar-refractivity contribution in [3.05, 3.63) is 99.3 Å². The molecule has 0 unspecified atom stereocenters. The summed E-state index contributed by atoms with van der Waals surface area (Å²) < 4.78 is 16.3. The van der Waals surface area contributed by atoms with Crippen molar-refractivity contribution in [3.63, 3.8) is 0 Å². The first-order valence-electron chi connectivity index (χ1n) is 9.81. The number of nitrogens with zero attached hydrogens (tertiary/aromatic N) is 3. The van der Waals surface area contributed by atoms with Gasteiger partial charge in [0.15, 0.2) is 5.65 Å². The molecular formula is C23H20ClFN4O2. The standard InChI is InChI=1S/C23H20ClFN4O2/c24-19-5-2-1-4-17(19)14-21(30)26-12-13-28-22-20(6-3-11-27-22)29(23(28)31)15-16-7-9-18(25)10-8-16/h1-11H,12-15H2,(H,26,30). The van der Waals surface area contributed by atoms with Gasteiger partial charge in [0.1, 0.15) is 5.82 Å². The highest BCUT2D eigenvalue weighted by molar-refractivity contribution is 6.31. The SMILES string of the molecule is O=C(Cc1ccccc1Cl)NCCn1c(=O)n(Cc2ccc(F)cc2)c2cccnc21. The fourth-order valence-electron chi connectivity index (χ4n) is 3.46. The smallest absolute Gasteiger partial charge is 0.330 e. The molecule has 2 heterocycles. The van der Waals surface area contributed by atoms with Crippen molar-refractivity contribution in [2.75, 3.05) is 6.54 Å². The largest absolute Gasteiger partial charge is 0.354 e. The maximum Gasteiger partial charge on any atom is 0.330 e. The Kier molecular flexibility index (Phi) is 6.13. The van der Waals surface area contributed by atoms with Crippen molar-refractivity contribution in [1.29, 1.82) is 0 Å². The van der Waals surface area contributed by atoms with Crippen LogP contribution in [0.1, 0.15) is 11.1 Å². The molecule has 0 spiro atoms. The average Bonchev–Trinajstić information content (AvgIpc) is 3.03. The molecule has 2 aromatic carbocycles. The molecular weight excluding hydrogens is 419 g/mol. The monoisotopic (exact) mass is 438 g/mol. The Morgan fingerprint density at radius 2 is 1.81 bits per heavy atom. The predicted octanol–water partition coefficient (Wildman–Crippen LogP) is 3.40. The maximum atomic E-state index is 13.2. The van der Waals surface area contributed by atoms with Gasteiger partial charge in [-0.05, 0) is 41.5 Å². The van der Waals surface area contributed by atoms with Crippen LogP contribution in [-0.2, 0) is 24.3 Å². The van der Waals surface area contributed by atoms with Crippen molar-refractivity contribution >= 4 is 28.7 Å². The number of hydrogen-bond acceptors (Lipinski definition) is 3. The van der Waals surface area contributed by atoms with Gasteiger partial charge < -0.3 is 5.32 Å². The molecule has 0 radical (unpaired) electrons. The van der Waals surface area contributed by atoms with Crippen LogP contribution < -0.4 is 11.0 Å². The molecule has 0 aliphatic heterocycles. The van der Waals surface area contributed by atoms with E-state index in [0.717, 1.165) is 11.1 Å². The lowest BCUT2D eigenvalue weighted by molar-refractivity contribution is -0.120. The molecule has 0 saturated carbocycles. The van der Waals surface area contributed by atoms with E-state index < -0.39 is 0 Å². The molecule has 0 saturated heterocycles. The summed E-state index contributed by atoms with van der Waals surface area (Å²) in [6.45, 7) is 0.847. The second-order valence-electron chi connectivity index (χ2n) is 7.11. The van der Waals surface area contributed by atoms with Gasteiger partial charge in [-0.25, -0.2) is 14.2 Å². The summed E-state index contributed by atoms with van der Waals surface area (Å²) >= 11 is 6.11. The molecule has 0 bridgehead atoms. The zero-order valence-corrected chi connectivity index (χ0v) is 17.3. The van der Waals surface area contributed by atoms with E-state index in [9.17, 15) is 14.0 Å². The molecule has 1 N–H and O–H groups in total. The van der Waals surface area contributed by atoms with Crippen molar-refractivity contribution < 1.29 is 9.18 Å². The fourth-order valence-corrected chi connectivity index (χ4v) is 3.66. The first-order valence-corrected chi connectivity index (χ1v) is 10.2. The lowest BCUT2D eigenvalue weighted by atomic mass is 10.1. The summed E-state index contributed by atoms with van der Waals surface area (Å²) in [5.74, 6) is -0.503. The van der Waals surface area contributed by atoms with Gasteiger partial charge in [-0.1, -0.05) is 41.9 Å². The van der Waals surface area contributed by atoms with Crippen LogP contribution in [0.25, 0.3) is 11.2 Å². The normalized spacial score (nSPS) is 11.0. The summed E-state index contributed by atoms with van der Waals surface area (Å²) in [5.41, 5.74) is 2.53. The van der Waals surface area contributed by atoms with Gasteiger partial charge in [0, 0.05) is 24.3 Å². The van der Waals surface area contributed by atoms with Gasteiger partial charge in [0.05, 0.1) is 18.5 Å². The van der Waals surface area contributed by atoms with Crippen molar-refractivity contribution in [1.82, 2.24) is 19.4 Å². The molecule has 31 heavy (non-hydrogen) atoms. The molecule has 4 rings (SSSR count). The van der Waals surface area contributed by atoms with E-state index >= 15 is 0 Å². The highest BCUT2D eigenvalue weighted by Gasteiger charge is 2.15. The zero-order chi connectivity index (χ0) is 21.8. The van der Waals surface area contributed by atoms with Crippen LogP contribution in [0.15, 0.2) is 71.7 Å². The number of halogens is 2.